The molecule has 0 heterocycles. The number of ether oxygens (including phenoxy) is 2. The Bertz CT molecular complexity index is 1450. The van der Waals surface area contributed by atoms with Crippen LogP contribution in [0, 0.1) is 0 Å². The summed E-state index contributed by atoms with van der Waals surface area (Å²) in [5, 5.41) is 8.23. The highest BCUT2D eigenvalue weighted by Gasteiger charge is 2.29. The zero-order valence-electron chi connectivity index (χ0n) is 25.7. The van der Waals surface area contributed by atoms with E-state index < -0.39 is 47.9 Å². The third-order valence-electron chi connectivity index (χ3n) is 6.80. The van der Waals surface area contributed by atoms with Crippen LogP contribution in [0.4, 0.5) is 4.79 Å². The van der Waals surface area contributed by atoms with Gasteiger partial charge in [-0.05, 0) is 30.0 Å². The first kappa shape index (κ1) is 35.0. The quantitative estimate of drug-likeness (QED) is 0.132. The summed E-state index contributed by atoms with van der Waals surface area (Å²) in [6.45, 7) is 1.85. The number of nitrogens with one attached hydrogen (secondary N) is 3. The van der Waals surface area contributed by atoms with E-state index in [0.717, 1.165) is 16.7 Å². The van der Waals surface area contributed by atoms with Gasteiger partial charge >= 0.3 is 12.1 Å². The lowest BCUT2D eigenvalue weighted by Gasteiger charge is -2.25. The van der Waals surface area contributed by atoms with Gasteiger partial charge in [-0.3, -0.25) is 14.4 Å². The van der Waals surface area contributed by atoms with Crippen molar-refractivity contribution in [1.29, 1.82) is 0 Å². The monoisotopic (exact) mass is 628 g/mol. The van der Waals surface area contributed by atoms with Crippen molar-refractivity contribution in [3.8, 4) is 0 Å². The average molecular weight is 629 g/mol. The lowest BCUT2D eigenvalue weighted by Crippen LogP contribution is -2.56. The molecular formula is C35H40N4O7. The molecule has 0 bridgehead atoms. The first-order valence-electron chi connectivity index (χ1n) is 15.0. The number of primary amides is 1. The van der Waals surface area contributed by atoms with Crippen LogP contribution in [0.5, 0.6) is 0 Å². The molecule has 5 N–H and O–H groups in total. The molecule has 11 heteroatoms. The minimum absolute atomic E-state index is 0.0113. The molecule has 0 fully saturated rings. The van der Waals surface area contributed by atoms with Crippen molar-refractivity contribution < 1.29 is 33.4 Å². The predicted molar refractivity (Wildman–Crippen MR) is 172 cm³/mol. The van der Waals surface area contributed by atoms with E-state index in [1.54, 1.807) is 6.92 Å². The predicted octanol–water partition coefficient (Wildman–Crippen LogP) is 3.12. The Morgan fingerprint density at radius 1 is 0.696 bits per heavy atom. The van der Waals surface area contributed by atoms with E-state index in [1.807, 2.05) is 91.0 Å². The summed E-state index contributed by atoms with van der Waals surface area (Å²) in [5.74, 6) is -2.35. The molecular weight excluding hydrogens is 588 g/mol. The number of nitrogens with two attached hydrogens (primary N) is 1. The van der Waals surface area contributed by atoms with Crippen LogP contribution < -0.4 is 21.7 Å². The second-order valence-electron chi connectivity index (χ2n) is 10.4. The zero-order chi connectivity index (χ0) is 33.1. The van der Waals surface area contributed by atoms with E-state index in [1.165, 1.54) is 12.2 Å². The van der Waals surface area contributed by atoms with Gasteiger partial charge in [0.1, 0.15) is 18.7 Å². The van der Waals surface area contributed by atoms with E-state index in [9.17, 15) is 24.0 Å². The lowest BCUT2D eigenvalue weighted by molar-refractivity contribution is -0.137. The Labute approximate surface area is 268 Å². The highest BCUT2D eigenvalue weighted by Crippen LogP contribution is 2.09. The standard InChI is InChI=1S/C35H40N4O7/c1-2-45-32(41)21-19-28(18-20-31(36)40)37-33(42)29(22-25-12-6-3-7-13-25)38-34(43)30(23-26-14-8-4-9-15-26)39-35(44)46-24-27-16-10-5-11-17-27/h3-17,19,21,28-30H,2,18,20,22-24H2,1H3,(H2,36,40)(H,37,42)(H,38,43)(H,39,44)/b21-19+/t28-,29-,30-/m0/s1. The van der Waals surface area contributed by atoms with Crippen molar-refractivity contribution in [3.05, 3.63) is 120 Å². The molecule has 0 spiro atoms. The summed E-state index contributed by atoms with van der Waals surface area (Å²) in [6, 6.07) is 24.4. The number of hydrogen-bond donors (Lipinski definition) is 4. The highest BCUT2D eigenvalue weighted by atomic mass is 16.5. The topological polar surface area (TPSA) is 166 Å². The summed E-state index contributed by atoms with van der Waals surface area (Å²) in [7, 11) is 0. The Morgan fingerprint density at radius 3 is 1.72 bits per heavy atom. The molecule has 0 saturated carbocycles. The van der Waals surface area contributed by atoms with Gasteiger partial charge in [0.2, 0.25) is 17.7 Å². The third-order valence-corrected chi connectivity index (χ3v) is 6.80. The maximum absolute atomic E-state index is 13.8. The summed E-state index contributed by atoms with van der Waals surface area (Å²) in [4.78, 5) is 63.6. The molecule has 0 aliphatic carbocycles. The van der Waals surface area contributed by atoms with Gasteiger partial charge in [0.25, 0.3) is 0 Å². The SMILES string of the molecule is CCOC(=O)/C=C/[C@H](CCC(N)=O)NC(=O)[C@H](Cc1ccccc1)NC(=O)[C@H](Cc1ccccc1)NC(=O)OCc1ccccc1. The first-order chi connectivity index (χ1) is 22.2. The number of rotatable bonds is 17. The van der Waals surface area contributed by atoms with Crippen molar-refractivity contribution in [2.24, 2.45) is 5.73 Å². The molecule has 0 unspecified atom stereocenters. The normalized spacial score (nSPS) is 12.7. The van der Waals surface area contributed by atoms with Crippen molar-refractivity contribution in [2.75, 3.05) is 6.61 Å². The number of amides is 4. The van der Waals surface area contributed by atoms with Crippen LogP contribution in [0.25, 0.3) is 0 Å². The number of alkyl carbamates (subject to hydrolysis) is 1. The Balaban J connectivity index is 1.80. The van der Waals surface area contributed by atoms with E-state index in [0.29, 0.717) is 0 Å². The minimum Gasteiger partial charge on any atom is -0.463 e. The summed E-state index contributed by atoms with van der Waals surface area (Å²) < 4.78 is 10.3. The molecule has 0 aliphatic heterocycles. The van der Waals surface area contributed by atoms with Gasteiger partial charge in [-0.1, -0.05) is 97.1 Å². The molecule has 3 aromatic carbocycles. The van der Waals surface area contributed by atoms with Gasteiger partial charge < -0.3 is 31.2 Å². The summed E-state index contributed by atoms with van der Waals surface area (Å²) in [5.41, 5.74) is 7.66. The smallest absolute Gasteiger partial charge is 0.408 e. The molecule has 3 rings (SSSR count). The third kappa shape index (κ3) is 13.0. The zero-order valence-corrected chi connectivity index (χ0v) is 25.7. The molecule has 0 aliphatic rings. The number of esters is 1. The number of carbonyl (C=O) groups is 5. The van der Waals surface area contributed by atoms with Crippen LogP contribution in [0.1, 0.15) is 36.5 Å². The van der Waals surface area contributed by atoms with Gasteiger partial charge in [-0.15, -0.1) is 0 Å². The van der Waals surface area contributed by atoms with Crippen molar-refractivity contribution >= 4 is 29.8 Å². The molecule has 0 radical (unpaired) electrons. The molecule has 0 aromatic heterocycles. The molecule has 3 atom stereocenters. The van der Waals surface area contributed by atoms with Crippen LogP contribution in [-0.4, -0.2) is 54.5 Å². The maximum Gasteiger partial charge on any atom is 0.408 e. The van der Waals surface area contributed by atoms with E-state index in [4.69, 9.17) is 15.2 Å². The van der Waals surface area contributed by atoms with Crippen molar-refractivity contribution in [1.82, 2.24) is 16.0 Å². The number of carbonyl (C=O) groups excluding carboxylic acids is 5. The minimum atomic E-state index is -1.08. The fourth-order valence-corrected chi connectivity index (χ4v) is 4.48. The van der Waals surface area contributed by atoms with Crippen LogP contribution in [0.15, 0.2) is 103 Å². The van der Waals surface area contributed by atoms with Gasteiger partial charge in [0, 0.05) is 31.4 Å². The van der Waals surface area contributed by atoms with Gasteiger partial charge in [-0.2, -0.15) is 0 Å². The molecule has 3 aromatic rings. The lowest BCUT2D eigenvalue weighted by atomic mass is 10.0. The molecule has 242 valence electrons. The average Bonchev–Trinajstić information content (AvgIpc) is 3.05. The van der Waals surface area contributed by atoms with Crippen LogP contribution in [0.3, 0.4) is 0 Å². The second-order valence-corrected chi connectivity index (χ2v) is 10.4. The molecule has 11 nitrogen and oxygen atoms in total. The van der Waals surface area contributed by atoms with Gasteiger partial charge in [0.05, 0.1) is 6.61 Å². The molecule has 46 heavy (non-hydrogen) atoms. The van der Waals surface area contributed by atoms with Gasteiger partial charge in [-0.25, -0.2) is 9.59 Å². The summed E-state index contributed by atoms with van der Waals surface area (Å²) in [6.07, 6.45) is 2.12. The highest BCUT2D eigenvalue weighted by molar-refractivity contribution is 5.92. The van der Waals surface area contributed by atoms with Crippen LogP contribution in [0.2, 0.25) is 0 Å². The Morgan fingerprint density at radius 2 is 1.20 bits per heavy atom. The largest absolute Gasteiger partial charge is 0.463 e. The van der Waals surface area contributed by atoms with Gasteiger partial charge in [0.15, 0.2) is 0 Å². The van der Waals surface area contributed by atoms with E-state index in [2.05, 4.69) is 16.0 Å². The maximum atomic E-state index is 13.8. The summed E-state index contributed by atoms with van der Waals surface area (Å²) >= 11 is 0. The Hall–Kier alpha value is -5.45. The fourth-order valence-electron chi connectivity index (χ4n) is 4.48. The molecule has 4 amide bonds. The van der Waals surface area contributed by atoms with Crippen LogP contribution >= 0.6 is 0 Å². The van der Waals surface area contributed by atoms with Crippen molar-refractivity contribution in [2.45, 2.75) is 57.3 Å². The number of hydrogen-bond acceptors (Lipinski definition) is 7. The second kappa shape index (κ2) is 19.0. The fraction of sp³-hybridized carbons (Fsp3) is 0.286. The first-order valence-corrected chi connectivity index (χ1v) is 15.0. The molecule has 0 saturated heterocycles. The van der Waals surface area contributed by atoms with Crippen LogP contribution in [-0.2, 0) is 48.1 Å². The Kier molecular flexibility index (Phi) is 14.5. The van der Waals surface area contributed by atoms with Crippen molar-refractivity contribution in [3.63, 3.8) is 0 Å². The van der Waals surface area contributed by atoms with E-state index >= 15 is 0 Å². The number of benzene rings is 3. The van der Waals surface area contributed by atoms with E-state index in [-0.39, 0.29) is 38.9 Å².